The lowest BCUT2D eigenvalue weighted by molar-refractivity contribution is 0.0239. The largest absolute Gasteiger partial charge is 0.353 e. The van der Waals surface area contributed by atoms with E-state index < -0.39 is 0 Å². The van der Waals surface area contributed by atoms with Gasteiger partial charge in [-0.3, -0.25) is 5.14 Å². The lowest BCUT2D eigenvalue weighted by Crippen LogP contribution is -2.66. The average Bonchev–Trinajstić information content (AvgIpc) is 3.31. The molecule has 25 heavy (non-hydrogen) atoms. The Hall–Kier alpha value is -1.02. The van der Waals surface area contributed by atoms with E-state index >= 15 is 0 Å². The van der Waals surface area contributed by atoms with Gasteiger partial charge in [-0.25, -0.2) is 13.8 Å². The van der Waals surface area contributed by atoms with Crippen LogP contribution in [0.3, 0.4) is 0 Å². The second-order valence-electron chi connectivity index (χ2n) is 8.05. The third kappa shape index (κ3) is 2.47. The second kappa shape index (κ2) is 5.49. The highest BCUT2D eigenvalue weighted by atomic mass is 35.5. The molecular weight excluding hydrogens is 356 g/mol. The zero-order valence-electron chi connectivity index (χ0n) is 14.6. The Kier molecular flexibility index (Phi) is 3.55. The zero-order chi connectivity index (χ0) is 17.3. The van der Waals surface area contributed by atoms with Gasteiger partial charge in [0.25, 0.3) is 0 Å². The molecule has 2 saturated carbocycles. The highest BCUT2D eigenvalue weighted by Gasteiger charge is 2.54. The Morgan fingerprint density at radius 2 is 2.08 bits per heavy atom. The van der Waals surface area contributed by atoms with Gasteiger partial charge in [0.05, 0.1) is 0 Å². The van der Waals surface area contributed by atoms with E-state index in [9.17, 15) is 0 Å². The minimum absolute atomic E-state index is 0.445. The van der Waals surface area contributed by atoms with Gasteiger partial charge < -0.3 is 4.90 Å². The third-order valence-corrected chi connectivity index (χ3v) is 6.97. The van der Waals surface area contributed by atoms with E-state index in [4.69, 9.17) is 26.8 Å². The van der Waals surface area contributed by atoms with Gasteiger partial charge >= 0.3 is 0 Å². The van der Waals surface area contributed by atoms with E-state index in [1.54, 1.807) is 0 Å². The Balaban J connectivity index is 1.42. The number of fused-ring (bicyclic) bond motifs is 1. The van der Waals surface area contributed by atoms with Crippen LogP contribution in [0.4, 0.5) is 5.82 Å². The fraction of sp³-hybridized carbons (Fsp3) is 0.647. The molecule has 2 N–H and O–H groups in total. The second-order valence-corrected chi connectivity index (χ2v) is 9.22. The molecular formula is C17H23ClN6S. The van der Waals surface area contributed by atoms with Crippen molar-refractivity contribution in [2.45, 2.75) is 44.6 Å². The molecule has 2 aromatic rings. The molecule has 3 heterocycles. The summed E-state index contributed by atoms with van der Waals surface area (Å²) in [5.74, 6) is 2.53. The Bertz CT molecular complexity index is 833. The van der Waals surface area contributed by atoms with Gasteiger partial charge in [-0.1, -0.05) is 11.6 Å². The number of rotatable bonds is 4. The lowest BCUT2D eigenvalue weighted by Gasteiger charge is -2.60. The van der Waals surface area contributed by atoms with Crippen LogP contribution in [0.15, 0.2) is 6.07 Å². The normalized spacial score (nSPS) is 22.7. The van der Waals surface area contributed by atoms with Crippen molar-refractivity contribution in [3.05, 3.63) is 22.6 Å². The number of hydrogen-bond donors (Lipinski definition) is 1. The predicted octanol–water partition coefficient (Wildman–Crippen LogP) is 2.99. The number of aryl methyl sites for hydroxylation is 1. The molecule has 0 aromatic carbocycles. The summed E-state index contributed by atoms with van der Waals surface area (Å²) in [5.41, 5.74) is 2.66. The SMILES string of the molecule is Cc1cc(Cl)n2nc(C3CC3)nc(N3CC4(CC(N(C)SN)C4)C3)c12. The number of nitrogens with two attached hydrogens (primary N) is 1. The average molecular weight is 379 g/mol. The molecule has 0 unspecified atom stereocenters. The molecule has 0 atom stereocenters. The number of hydrogen-bond acceptors (Lipinski definition) is 6. The predicted molar refractivity (Wildman–Crippen MR) is 102 cm³/mol. The van der Waals surface area contributed by atoms with Crippen molar-refractivity contribution in [2.75, 3.05) is 25.0 Å². The quantitative estimate of drug-likeness (QED) is 0.825. The molecule has 3 fully saturated rings. The molecule has 0 bridgehead atoms. The first-order valence-electron chi connectivity index (χ1n) is 8.90. The van der Waals surface area contributed by atoms with E-state index in [1.165, 1.54) is 37.8 Å². The molecule has 1 spiro atoms. The van der Waals surface area contributed by atoms with Gasteiger partial charge in [0, 0.05) is 42.6 Å². The summed E-state index contributed by atoms with van der Waals surface area (Å²) in [4.78, 5) is 7.37. The van der Waals surface area contributed by atoms with Crippen LogP contribution in [-0.2, 0) is 0 Å². The van der Waals surface area contributed by atoms with Crippen molar-refractivity contribution >= 4 is 35.1 Å². The Morgan fingerprint density at radius 3 is 2.72 bits per heavy atom. The molecule has 0 amide bonds. The van der Waals surface area contributed by atoms with E-state index in [1.807, 2.05) is 10.6 Å². The van der Waals surface area contributed by atoms with Crippen molar-refractivity contribution in [1.29, 1.82) is 0 Å². The smallest absolute Gasteiger partial charge is 0.157 e. The van der Waals surface area contributed by atoms with Crippen LogP contribution in [0, 0.1) is 12.3 Å². The number of halogens is 1. The first-order chi connectivity index (χ1) is 12.0. The molecule has 6 nitrogen and oxygen atoms in total. The van der Waals surface area contributed by atoms with Crippen molar-refractivity contribution in [1.82, 2.24) is 18.9 Å². The van der Waals surface area contributed by atoms with Crippen LogP contribution in [-0.4, -0.2) is 45.1 Å². The van der Waals surface area contributed by atoms with Gasteiger partial charge in [-0.05, 0) is 51.3 Å². The maximum Gasteiger partial charge on any atom is 0.157 e. The van der Waals surface area contributed by atoms with Crippen molar-refractivity contribution in [2.24, 2.45) is 10.6 Å². The van der Waals surface area contributed by atoms with Gasteiger partial charge in [0.2, 0.25) is 0 Å². The van der Waals surface area contributed by atoms with Gasteiger partial charge in [0.15, 0.2) is 11.6 Å². The van der Waals surface area contributed by atoms with E-state index in [0.717, 1.165) is 35.8 Å². The molecule has 2 aromatic heterocycles. The number of anilines is 1. The molecule has 8 heteroatoms. The molecule has 5 rings (SSSR count). The van der Waals surface area contributed by atoms with E-state index in [0.29, 0.717) is 22.5 Å². The molecule has 2 aliphatic carbocycles. The molecule has 134 valence electrons. The standard InChI is InChI=1S/C17H23ClN6S/c1-10-5-13(18)24-14(10)16(20-15(21-24)11-3-4-11)23-8-17(9-23)6-12(7-17)22(2)25-19/h5,11-12H,3-4,6-9,19H2,1-2H3. The number of aromatic nitrogens is 3. The van der Waals surface area contributed by atoms with Crippen LogP contribution < -0.4 is 10.0 Å². The summed E-state index contributed by atoms with van der Waals surface area (Å²) in [6.07, 6.45) is 4.83. The highest BCUT2D eigenvalue weighted by Crippen LogP contribution is 2.52. The summed E-state index contributed by atoms with van der Waals surface area (Å²) < 4.78 is 4.07. The first-order valence-corrected chi connectivity index (χ1v) is 10.1. The summed E-state index contributed by atoms with van der Waals surface area (Å²) in [6.45, 7) is 4.24. The van der Waals surface area contributed by atoms with Gasteiger partial charge in [-0.2, -0.15) is 5.10 Å². The summed E-state index contributed by atoms with van der Waals surface area (Å²) in [7, 11) is 2.08. The van der Waals surface area contributed by atoms with Crippen molar-refractivity contribution in [3.63, 3.8) is 0 Å². The third-order valence-electron chi connectivity index (χ3n) is 6.07. The van der Waals surface area contributed by atoms with E-state index in [-0.39, 0.29) is 0 Å². The Morgan fingerprint density at radius 1 is 1.36 bits per heavy atom. The molecule has 1 saturated heterocycles. The fourth-order valence-corrected chi connectivity index (χ4v) is 5.03. The van der Waals surface area contributed by atoms with Crippen molar-refractivity contribution < 1.29 is 0 Å². The summed E-state index contributed by atoms with van der Waals surface area (Å²) >= 11 is 7.75. The van der Waals surface area contributed by atoms with E-state index in [2.05, 4.69) is 23.2 Å². The van der Waals surface area contributed by atoms with Gasteiger partial charge in [-0.15, -0.1) is 0 Å². The highest BCUT2D eigenvalue weighted by molar-refractivity contribution is 7.94. The summed E-state index contributed by atoms with van der Waals surface area (Å²) in [6, 6.07) is 2.60. The van der Waals surface area contributed by atoms with Crippen LogP contribution in [0.1, 0.15) is 43.0 Å². The summed E-state index contributed by atoms with van der Waals surface area (Å²) in [5, 5.41) is 11.1. The lowest BCUT2D eigenvalue weighted by atomic mass is 9.60. The molecule has 3 aliphatic rings. The topological polar surface area (TPSA) is 62.7 Å². The molecule has 0 radical (unpaired) electrons. The Labute approximate surface area is 157 Å². The fourth-order valence-electron chi connectivity index (χ4n) is 4.43. The monoisotopic (exact) mass is 378 g/mol. The minimum Gasteiger partial charge on any atom is -0.353 e. The number of nitrogens with zero attached hydrogens (tertiary/aromatic N) is 5. The van der Waals surface area contributed by atoms with Crippen LogP contribution in [0.2, 0.25) is 5.15 Å². The maximum absolute atomic E-state index is 6.41. The zero-order valence-corrected chi connectivity index (χ0v) is 16.1. The van der Waals surface area contributed by atoms with Gasteiger partial charge in [0.1, 0.15) is 10.7 Å². The van der Waals surface area contributed by atoms with Crippen LogP contribution >= 0.6 is 23.7 Å². The first kappa shape index (κ1) is 16.2. The molecule has 1 aliphatic heterocycles. The minimum atomic E-state index is 0.445. The van der Waals surface area contributed by atoms with Crippen molar-refractivity contribution in [3.8, 4) is 0 Å². The maximum atomic E-state index is 6.41. The van der Waals surface area contributed by atoms with Crippen LogP contribution in [0.25, 0.3) is 5.52 Å². The van der Waals surface area contributed by atoms with Crippen LogP contribution in [0.5, 0.6) is 0 Å².